The minimum atomic E-state index is 0.705. The zero-order valence-corrected chi connectivity index (χ0v) is 9.30. The Bertz CT molecular complexity index is 328. The summed E-state index contributed by atoms with van der Waals surface area (Å²) >= 11 is 0. The van der Waals surface area contributed by atoms with Crippen LogP contribution in [0.15, 0.2) is 18.2 Å². The first-order valence-electron chi connectivity index (χ1n) is 5.59. The highest BCUT2D eigenvalue weighted by atomic mass is 14.9. The fourth-order valence-corrected chi connectivity index (χ4v) is 2.22. The van der Waals surface area contributed by atoms with Gasteiger partial charge in [-0.25, -0.2) is 0 Å². The van der Waals surface area contributed by atoms with E-state index < -0.39 is 0 Å². The first-order chi connectivity index (χ1) is 6.72. The number of hydrogen-bond donors (Lipinski definition) is 1. The average molecular weight is 189 g/mol. The number of benzene rings is 1. The van der Waals surface area contributed by atoms with Gasteiger partial charge in [-0.2, -0.15) is 0 Å². The van der Waals surface area contributed by atoms with Crippen LogP contribution < -0.4 is 5.32 Å². The Hall–Kier alpha value is -0.980. The summed E-state index contributed by atoms with van der Waals surface area (Å²) in [6.45, 7) is 7.94. The molecule has 1 aliphatic rings. The monoisotopic (exact) mass is 189 g/mol. The second kappa shape index (κ2) is 3.64. The molecule has 1 heteroatoms. The summed E-state index contributed by atoms with van der Waals surface area (Å²) in [6.07, 6.45) is 1.14. The standard InChI is InChI=1S/C13H19N/c1-4-10-5-6-13-11(7-10)12(8-14-13)9(2)3/h5-7,9,12,14H,4,8H2,1-3H3. The zero-order valence-electron chi connectivity index (χ0n) is 9.30. The third-order valence-electron chi connectivity index (χ3n) is 3.24. The number of nitrogens with one attached hydrogen (secondary N) is 1. The Balaban J connectivity index is 2.37. The van der Waals surface area contributed by atoms with Crippen LogP contribution in [0.5, 0.6) is 0 Å². The maximum Gasteiger partial charge on any atom is 0.0376 e. The molecule has 1 aromatic rings. The van der Waals surface area contributed by atoms with Crippen molar-refractivity contribution in [3.8, 4) is 0 Å². The van der Waals surface area contributed by atoms with Gasteiger partial charge in [-0.15, -0.1) is 0 Å². The largest absolute Gasteiger partial charge is 0.384 e. The SMILES string of the molecule is CCc1ccc2c(c1)C(C(C)C)CN2. The van der Waals surface area contributed by atoms with E-state index in [4.69, 9.17) is 0 Å². The summed E-state index contributed by atoms with van der Waals surface area (Å²) in [7, 11) is 0. The van der Waals surface area contributed by atoms with Gasteiger partial charge in [0.1, 0.15) is 0 Å². The van der Waals surface area contributed by atoms with Crippen molar-refractivity contribution in [2.45, 2.75) is 33.1 Å². The lowest BCUT2D eigenvalue weighted by molar-refractivity contribution is 0.533. The molecule has 0 saturated carbocycles. The van der Waals surface area contributed by atoms with Crippen LogP contribution in [0, 0.1) is 5.92 Å². The van der Waals surface area contributed by atoms with Crippen molar-refractivity contribution >= 4 is 5.69 Å². The van der Waals surface area contributed by atoms with Gasteiger partial charge in [0.15, 0.2) is 0 Å². The van der Waals surface area contributed by atoms with Crippen molar-refractivity contribution in [1.82, 2.24) is 0 Å². The van der Waals surface area contributed by atoms with E-state index in [1.807, 2.05) is 0 Å². The molecule has 0 amide bonds. The van der Waals surface area contributed by atoms with E-state index in [1.54, 1.807) is 0 Å². The quantitative estimate of drug-likeness (QED) is 0.751. The first-order valence-corrected chi connectivity index (χ1v) is 5.59. The summed E-state index contributed by atoms with van der Waals surface area (Å²) in [5.41, 5.74) is 4.33. The number of aryl methyl sites for hydroxylation is 1. The molecule has 0 aliphatic carbocycles. The van der Waals surface area contributed by atoms with E-state index in [1.165, 1.54) is 16.8 Å². The molecule has 14 heavy (non-hydrogen) atoms. The molecule has 76 valence electrons. The van der Waals surface area contributed by atoms with Crippen molar-refractivity contribution in [1.29, 1.82) is 0 Å². The topological polar surface area (TPSA) is 12.0 Å². The molecule has 0 saturated heterocycles. The van der Waals surface area contributed by atoms with Crippen LogP contribution in [0.25, 0.3) is 0 Å². The van der Waals surface area contributed by atoms with Crippen LogP contribution in [0.1, 0.15) is 37.8 Å². The summed E-state index contributed by atoms with van der Waals surface area (Å²) in [5.74, 6) is 1.44. The second-order valence-electron chi connectivity index (χ2n) is 4.51. The highest BCUT2D eigenvalue weighted by molar-refractivity contribution is 5.59. The van der Waals surface area contributed by atoms with Crippen LogP contribution in [0.2, 0.25) is 0 Å². The normalized spacial score (nSPS) is 19.6. The van der Waals surface area contributed by atoms with Crippen molar-refractivity contribution in [2.75, 3.05) is 11.9 Å². The van der Waals surface area contributed by atoms with E-state index in [0.717, 1.165) is 18.9 Å². The minimum Gasteiger partial charge on any atom is -0.384 e. The van der Waals surface area contributed by atoms with Crippen LogP contribution >= 0.6 is 0 Å². The summed E-state index contributed by atoms with van der Waals surface area (Å²) < 4.78 is 0. The minimum absolute atomic E-state index is 0.705. The van der Waals surface area contributed by atoms with E-state index in [-0.39, 0.29) is 0 Å². The Labute approximate surface area is 86.5 Å². The molecular formula is C13H19N. The number of fused-ring (bicyclic) bond motifs is 1. The molecule has 0 aromatic heterocycles. The third kappa shape index (κ3) is 1.52. The van der Waals surface area contributed by atoms with E-state index >= 15 is 0 Å². The third-order valence-corrected chi connectivity index (χ3v) is 3.24. The second-order valence-corrected chi connectivity index (χ2v) is 4.51. The van der Waals surface area contributed by atoms with E-state index in [2.05, 4.69) is 44.3 Å². The summed E-state index contributed by atoms with van der Waals surface area (Å²) in [6, 6.07) is 6.84. The Morgan fingerprint density at radius 3 is 2.86 bits per heavy atom. The summed E-state index contributed by atoms with van der Waals surface area (Å²) in [4.78, 5) is 0. The van der Waals surface area contributed by atoms with Crippen LogP contribution in [0.3, 0.4) is 0 Å². The van der Waals surface area contributed by atoms with Gasteiger partial charge in [0.05, 0.1) is 0 Å². The highest BCUT2D eigenvalue weighted by Crippen LogP contribution is 2.36. The molecule has 1 atom stereocenters. The molecule has 0 fully saturated rings. The molecule has 1 aliphatic heterocycles. The number of anilines is 1. The molecule has 1 unspecified atom stereocenters. The van der Waals surface area contributed by atoms with Crippen molar-refractivity contribution < 1.29 is 0 Å². The molecule has 2 rings (SSSR count). The van der Waals surface area contributed by atoms with Gasteiger partial charge in [-0.05, 0) is 29.5 Å². The van der Waals surface area contributed by atoms with Crippen LogP contribution in [0.4, 0.5) is 5.69 Å². The Morgan fingerprint density at radius 1 is 1.43 bits per heavy atom. The van der Waals surface area contributed by atoms with Gasteiger partial charge in [-0.1, -0.05) is 32.9 Å². The average Bonchev–Trinajstić information content (AvgIpc) is 2.59. The van der Waals surface area contributed by atoms with Gasteiger partial charge in [-0.3, -0.25) is 0 Å². The van der Waals surface area contributed by atoms with E-state index in [9.17, 15) is 0 Å². The van der Waals surface area contributed by atoms with Crippen molar-refractivity contribution in [2.24, 2.45) is 5.92 Å². The van der Waals surface area contributed by atoms with E-state index in [0.29, 0.717) is 5.92 Å². The Kier molecular flexibility index (Phi) is 2.49. The molecule has 1 heterocycles. The van der Waals surface area contributed by atoms with Crippen molar-refractivity contribution in [3.05, 3.63) is 29.3 Å². The maximum atomic E-state index is 3.48. The van der Waals surface area contributed by atoms with Gasteiger partial charge >= 0.3 is 0 Å². The predicted molar refractivity (Wildman–Crippen MR) is 61.9 cm³/mol. The fraction of sp³-hybridized carbons (Fsp3) is 0.538. The molecule has 0 bridgehead atoms. The van der Waals surface area contributed by atoms with Crippen LogP contribution in [-0.4, -0.2) is 6.54 Å². The number of rotatable bonds is 2. The fourth-order valence-electron chi connectivity index (χ4n) is 2.22. The highest BCUT2D eigenvalue weighted by Gasteiger charge is 2.24. The smallest absolute Gasteiger partial charge is 0.0376 e. The molecule has 1 aromatic carbocycles. The lowest BCUT2D eigenvalue weighted by Crippen LogP contribution is -2.08. The van der Waals surface area contributed by atoms with Gasteiger partial charge in [0.25, 0.3) is 0 Å². The molecular weight excluding hydrogens is 170 g/mol. The van der Waals surface area contributed by atoms with Gasteiger partial charge < -0.3 is 5.32 Å². The predicted octanol–water partition coefficient (Wildman–Crippen LogP) is 3.41. The van der Waals surface area contributed by atoms with Gasteiger partial charge in [0.2, 0.25) is 0 Å². The maximum absolute atomic E-state index is 3.48. The first kappa shape index (κ1) is 9.57. The van der Waals surface area contributed by atoms with Gasteiger partial charge in [0, 0.05) is 18.2 Å². The van der Waals surface area contributed by atoms with Crippen LogP contribution in [-0.2, 0) is 6.42 Å². The molecule has 0 spiro atoms. The molecule has 0 radical (unpaired) electrons. The zero-order chi connectivity index (χ0) is 10.1. The lowest BCUT2D eigenvalue weighted by Gasteiger charge is -2.14. The lowest BCUT2D eigenvalue weighted by atomic mass is 9.89. The van der Waals surface area contributed by atoms with Crippen molar-refractivity contribution in [3.63, 3.8) is 0 Å². The Morgan fingerprint density at radius 2 is 2.21 bits per heavy atom. The molecule has 1 N–H and O–H groups in total. The summed E-state index contributed by atoms with van der Waals surface area (Å²) in [5, 5.41) is 3.48. The molecule has 1 nitrogen and oxygen atoms in total. The number of hydrogen-bond acceptors (Lipinski definition) is 1.